The van der Waals surface area contributed by atoms with E-state index in [1.807, 2.05) is 6.92 Å². The van der Waals surface area contributed by atoms with E-state index in [1.165, 1.54) is 11.1 Å². The summed E-state index contributed by atoms with van der Waals surface area (Å²) in [4.78, 5) is 33.7. The van der Waals surface area contributed by atoms with E-state index in [4.69, 9.17) is 4.74 Å². The van der Waals surface area contributed by atoms with Crippen LogP contribution in [0, 0.1) is 18.6 Å². The van der Waals surface area contributed by atoms with Gasteiger partial charge in [-0.25, -0.2) is 8.78 Å². The van der Waals surface area contributed by atoms with E-state index in [1.54, 1.807) is 13.1 Å². The minimum atomic E-state index is -1.11. The number of ether oxygens (including phenoxy) is 1. The van der Waals surface area contributed by atoms with Crippen LogP contribution in [-0.4, -0.2) is 34.4 Å². The Kier molecular flexibility index (Phi) is 4.95. The molecule has 4 rings (SSSR count). The van der Waals surface area contributed by atoms with Crippen LogP contribution in [0.5, 0.6) is 0 Å². The Bertz CT molecular complexity index is 1210. The molecule has 0 saturated carbocycles. The molecule has 0 fully saturated rings. The van der Waals surface area contributed by atoms with Crippen LogP contribution in [-0.2, 0) is 11.3 Å². The number of carbonyl (C=O) groups is 1. The van der Waals surface area contributed by atoms with E-state index in [0.29, 0.717) is 21.3 Å². The SMILES string of the molecule is Cc1ncc(C(=O)N(C)[C@@H]2COCc3[nH]c(=O)c4cc(F)c(F)cc4c32)cc1Br. The zero-order valence-corrected chi connectivity index (χ0v) is 17.1. The third kappa shape index (κ3) is 3.34. The van der Waals surface area contributed by atoms with Crippen molar-refractivity contribution in [1.29, 1.82) is 0 Å². The summed E-state index contributed by atoms with van der Waals surface area (Å²) >= 11 is 3.37. The molecule has 1 atom stereocenters. The van der Waals surface area contributed by atoms with Crippen molar-refractivity contribution in [2.75, 3.05) is 13.7 Å². The Labute approximate surface area is 172 Å². The summed E-state index contributed by atoms with van der Waals surface area (Å²) in [5.74, 6) is -2.48. The third-order valence-corrected chi connectivity index (χ3v) is 5.90. The predicted molar refractivity (Wildman–Crippen MR) is 106 cm³/mol. The number of aromatic nitrogens is 2. The molecular formula is C20H16BrF2N3O3. The van der Waals surface area contributed by atoms with Gasteiger partial charge in [0.25, 0.3) is 11.5 Å². The Morgan fingerprint density at radius 2 is 1.97 bits per heavy atom. The largest absolute Gasteiger partial charge is 0.373 e. The van der Waals surface area contributed by atoms with Gasteiger partial charge in [0.2, 0.25) is 0 Å². The number of hydrogen-bond acceptors (Lipinski definition) is 4. The Hall–Kier alpha value is -2.65. The smallest absolute Gasteiger partial charge is 0.256 e. The van der Waals surface area contributed by atoms with Crippen LogP contribution in [0.1, 0.15) is 33.4 Å². The highest BCUT2D eigenvalue weighted by atomic mass is 79.9. The van der Waals surface area contributed by atoms with Gasteiger partial charge in [-0.3, -0.25) is 14.6 Å². The fraction of sp³-hybridized carbons (Fsp3) is 0.250. The molecule has 0 aliphatic carbocycles. The quantitative estimate of drug-likeness (QED) is 0.629. The molecule has 29 heavy (non-hydrogen) atoms. The van der Waals surface area contributed by atoms with Crippen LogP contribution >= 0.6 is 15.9 Å². The number of aromatic amines is 1. The molecule has 0 radical (unpaired) electrons. The Morgan fingerprint density at radius 3 is 2.66 bits per heavy atom. The van der Waals surface area contributed by atoms with E-state index in [-0.39, 0.29) is 29.9 Å². The number of nitrogens with one attached hydrogen (secondary N) is 1. The second-order valence-corrected chi connectivity index (χ2v) is 7.75. The molecule has 3 heterocycles. The van der Waals surface area contributed by atoms with E-state index < -0.39 is 23.2 Å². The highest BCUT2D eigenvalue weighted by Crippen LogP contribution is 2.34. The lowest BCUT2D eigenvalue weighted by Crippen LogP contribution is -2.37. The molecule has 9 heteroatoms. The minimum Gasteiger partial charge on any atom is -0.373 e. The van der Waals surface area contributed by atoms with Gasteiger partial charge >= 0.3 is 0 Å². The van der Waals surface area contributed by atoms with Crippen LogP contribution < -0.4 is 5.56 Å². The summed E-state index contributed by atoms with van der Waals surface area (Å²) in [5.41, 5.74) is 1.55. The van der Waals surface area contributed by atoms with Crippen molar-refractivity contribution in [3.8, 4) is 0 Å². The lowest BCUT2D eigenvalue weighted by Gasteiger charge is -2.33. The zero-order valence-electron chi connectivity index (χ0n) is 15.6. The molecule has 1 aromatic carbocycles. The highest BCUT2D eigenvalue weighted by Gasteiger charge is 2.31. The number of H-pyrrole nitrogens is 1. The van der Waals surface area contributed by atoms with Gasteiger partial charge in [0.05, 0.1) is 35.9 Å². The first-order valence-electron chi connectivity index (χ1n) is 8.78. The van der Waals surface area contributed by atoms with Gasteiger partial charge in [-0.2, -0.15) is 0 Å². The number of fused-ring (bicyclic) bond motifs is 3. The fourth-order valence-corrected chi connectivity index (χ4v) is 3.87. The molecule has 150 valence electrons. The number of aryl methyl sites for hydroxylation is 1. The highest BCUT2D eigenvalue weighted by molar-refractivity contribution is 9.10. The number of hydrogen-bond donors (Lipinski definition) is 1. The van der Waals surface area contributed by atoms with Gasteiger partial charge in [0, 0.05) is 29.0 Å². The molecule has 1 amide bonds. The van der Waals surface area contributed by atoms with Crippen molar-refractivity contribution in [2.24, 2.45) is 0 Å². The first kappa shape index (κ1) is 19.7. The number of rotatable bonds is 2. The summed E-state index contributed by atoms with van der Waals surface area (Å²) < 4.78 is 33.9. The number of nitrogens with zero attached hydrogens (tertiary/aromatic N) is 2. The van der Waals surface area contributed by atoms with Gasteiger partial charge in [-0.1, -0.05) is 0 Å². The predicted octanol–water partition coefficient (Wildman–Crippen LogP) is 3.62. The standard InChI is InChI=1S/C20H16BrF2N3O3/c1-9-13(21)3-10(6-24-9)20(28)26(2)17-8-29-7-16-18(17)11-4-14(22)15(23)5-12(11)19(27)25-16/h3-6,17H,7-8H2,1-2H3,(H,25,27)/t17-/m1/s1. The van der Waals surface area contributed by atoms with Crippen molar-refractivity contribution in [3.05, 3.63) is 73.4 Å². The van der Waals surface area contributed by atoms with Crippen LogP contribution in [0.4, 0.5) is 8.78 Å². The molecule has 3 aromatic rings. The number of carbonyl (C=O) groups excluding carboxylic acids is 1. The Morgan fingerprint density at radius 1 is 1.28 bits per heavy atom. The molecule has 0 bridgehead atoms. The van der Waals surface area contributed by atoms with Crippen LogP contribution in [0.2, 0.25) is 0 Å². The van der Waals surface area contributed by atoms with Gasteiger partial charge in [-0.15, -0.1) is 0 Å². The average molecular weight is 464 g/mol. The number of likely N-dealkylation sites (N-methyl/N-ethyl adjacent to an activating group) is 1. The maximum absolute atomic E-state index is 14.0. The van der Waals surface area contributed by atoms with Crippen molar-refractivity contribution < 1.29 is 18.3 Å². The summed E-state index contributed by atoms with van der Waals surface area (Å²) in [5, 5.41) is 0.286. The molecule has 0 unspecified atom stereocenters. The lowest BCUT2D eigenvalue weighted by atomic mass is 9.95. The normalized spacial score (nSPS) is 16.0. The number of benzene rings is 1. The summed E-state index contributed by atoms with van der Waals surface area (Å²) in [6.07, 6.45) is 1.48. The van der Waals surface area contributed by atoms with Crippen LogP contribution in [0.3, 0.4) is 0 Å². The summed E-state index contributed by atoms with van der Waals surface area (Å²) in [7, 11) is 1.59. The number of amides is 1. The first-order valence-corrected chi connectivity index (χ1v) is 9.58. The van der Waals surface area contributed by atoms with Crippen molar-refractivity contribution in [2.45, 2.75) is 19.6 Å². The molecule has 2 aromatic heterocycles. The van der Waals surface area contributed by atoms with Gasteiger partial charge in [-0.05, 0) is 46.4 Å². The van der Waals surface area contributed by atoms with E-state index in [2.05, 4.69) is 25.9 Å². The molecule has 1 aliphatic rings. The minimum absolute atomic E-state index is 0.0233. The van der Waals surface area contributed by atoms with Gasteiger partial charge < -0.3 is 14.6 Å². The summed E-state index contributed by atoms with van der Waals surface area (Å²) in [6, 6.07) is 2.94. The molecule has 0 spiro atoms. The van der Waals surface area contributed by atoms with E-state index in [0.717, 1.165) is 17.8 Å². The van der Waals surface area contributed by atoms with Gasteiger partial charge in [0.15, 0.2) is 11.6 Å². The van der Waals surface area contributed by atoms with Crippen molar-refractivity contribution >= 4 is 32.6 Å². The molecule has 0 saturated heterocycles. The van der Waals surface area contributed by atoms with Crippen molar-refractivity contribution in [3.63, 3.8) is 0 Å². The van der Waals surface area contributed by atoms with Gasteiger partial charge in [0.1, 0.15) is 0 Å². The van der Waals surface area contributed by atoms with Crippen molar-refractivity contribution in [1.82, 2.24) is 14.9 Å². The van der Waals surface area contributed by atoms with E-state index >= 15 is 0 Å². The molecule has 6 nitrogen and oxygen atoms in total. The fourth-order valence-electron chi connectivity index (χ4n) is 3.52. The second-order valence-electron chi connectivity index (χ2n) is 6.90. The maximum atomic E-state index is 14.0. The lowest BCUT2D eigenvalue weighted by molar-refractivity contribution is 0.0335. The second kappa shape index (κ2) is 7.31. The third-order valence-electron chi connectivity index (χ3n) is 5.10. The van der Waals surface area contributed by atoms with Crippen LogP contribution in [0.15, 0.2) is 33.7 Å². The van der Waals surface area contributed by atoms with Crippen LogP contribution in [0.25, 0.3) is 10.8 Å². The topological polar surface area (TPSA) is 75.3 Å². The molecular weight excluding hydrogens is 448 g/mol. The maximum Gasteiger partial charge on any atom is 0.256 e. The zero-order chi connectivity index (χ0) is 20.9. The first-order chi connectivity index (χ1) is 13.8. The monoisotopic (exact) mass is 463 g/mol. The number of halogens is 3. The molecule has 1 N–H and O–H groups in total. The van der Waals surface area contributed by atoms with E-state index in [9.17, 15) is 18.4 Å². The summed E-state index contributed by atoms with van der Waals surface area (Å²) in [6.45, 7) is 2.06. The number of pyridine rings is 2. The Balaban J connectivity index is 1.84. The molecule has 1 aliphatic heterocycles. The average Bonchev–Trinajstić information content (AvgIpc) is 2.70.